The summed E-state index contributed by atoms with van der Waals surface area (Å²) >= 11 is 0. The SMILES string of the molecule is CCOC(OC)(C(=O)OC)c1ccccc1O. The van der Waals surface area contributed by atoms with Crippen LogP contribution >= 0.6 is 0 Å². The molecule has 1 aromatic carbocycles. The zero-order valence-electron chi connectivity index (χ0n) is 10.1. The lowest BCUT2D eigenvalue weighted by Crippen LogP contribution is -2.41. The number of rotatable bonds is 5. The number of hydrogen-bond acceptors (Lipinski definition) is 5. The van der Waals surface area contributed by atoms with Crippen LogP contribution in [0.25, 0.3) is 0 Å². The van der Waals surface area contributed by atoms with E-state index in [9.17, 15) is 9.90 Å². The quantitative estimate of drug-likeness (QED) is 0.622. The van der Waals surface area contributed by atoms with Gasteiger partial charge in [-0.1, -0.05) is 12.1 Å². The van der Waals surface area contributed by atoms with Gasteiger partial charge in [0.05, 0.1) is 12.7 Å². The molecule has 1 N–H and O–H groups in total. The normalized spacial score (nSPS) is 14.1. The molecule has 0 bridgehead atoms. The van der Waals surface area contributed by atoms with Crippen LogP contribution in [0.15, 0.2) is 24.3 Å². The Kier molecular flexibility index (Phi) is 4.48. The van der Waals surface area contributed by atoms with Crippen molar-refractivity contribution in [3.8, 4) is 5.75 Å². The largest absolute Gasteiger partial charge is 0.507 e. The molecule has 0 radical (unpaired) electrons. The topological polar surface area (TPSA) is 65.0 Å². The van der Waals surface area contributed by atoms with Gasteiger partial charge in [-0.2, -0.15) is 0 Å². The first-order chi connectivity index (χ1) is 8.12. The Bertz CT molecular complexity index is 390. The van der Waals surface area contributed by atoms with Gasteiger partial charge in [-0.25, -0.2) is 4.79 Å². The lowest BCUT2D eigenvalue weighted by molar-refractivity contribution is -0.242. The van der Waals surface area contributed by atoms with Crippen LogP contribution in [0.4, 0.5) is 0 Å². The summed E-state index contributed by atoms with van der Waals surface area (Å²) in [5, 5.41) is 9.78. The number of carbonyl (C=O) groups is 1. The number of phenolic OH excluding ortho intramolecular Hbond substituents is 1. The van der Waals surface area contributed by atoms with E-state index in [1.54, 1.807) is 25.1 Å². The zero-order chi connectivity index (χ0) is 12.9. The van der Waals surface area contributed by atoms with Crippen molar-refractivity contribution in [1.82, 2.24) is 0 Å². The van der Waals surface area contributed by atoms with Crippen LogP contribution in [0.2, 0.25) is 0 Å². The second-order valence-electron chi connectivity index (χ2n) is 3.26. The molecule has 5 nitrogen and oxygen atoms in total. The van der Waals surface area contributed by atoms with E-state index in [0.29, 0.717) is 0 Å². The van der Waals surface area contributed by atoms with Gasteiger partial charge >= 0.3 is 5.97 Å². The zero-order valence-corrected chi connectivity index (χ0v) is 10.1. The van der Waals surface area contributed by atoms with Gasteiger partial charge in [0.25, 0.3) is 5.79 Å². The highest BCUT2D eigenvalue weighted by atomic mass is 16.7. The van der Waals surface area contributed by atoms with Crippen LogP contribution in [-0.4, -0.2) is 31.9 Å². The van der Waals surface area contributed by atoms with Gasteiger partial charge in [-0.05, 0) is 19.1 Å². The molecular weight excluding hydrogens is 224 g/mol. The van der Waals surface area contributed by atoms with Crippen molar-refractivity contribution in [2.75, 3.05) is 20.8 Å². The number of benzene rings is 1. The van der Waals surface area contributed by atoms with Gasteiger partial charge < -0.3 is 19.3 Å². The molecule has 0 saturated heterocycles. The molecule has 5 heteroatoms. The Morgan fingerprint density at radius 1 is 1.35 bits per heavy atom. The highest BCUT2D eigenvalue weighted by molar-refractivity contribution is 5.80. The first-order valence-corrected chi connectivity index (χ1v) is 5.18. The average Bonchev–Trinajstić information content (AvgIpc) is 2.36. The molecule has 0 aliphatic heterocycles. The average molecular weight is 240 g/mol. The molecule has 94 valence electrons. The highest BCUT2D eigenvalue weighted by Gasteiger charge is 2.45. The molecule has 17 heavy (non-hydrogen) atoms. The van der Waals surface area contributed by atoms with Crippen molar-refractivity contribution in [2.45, 2.75) is 12.7 Å². The predicted molar refractivity (Wildman–Crippen MR) is 60.4 cm³/mol. The number of phenols is 1. The Labute approximate surface area is 99.9 Å². The summed E-state index contributed by atoms with van der Waals surface area (Å²) in [6.45, 7) is 1.95. The third-order valence-corrected chi connectivity index (χ3v) is 2.35. The van der Waals surface area contributed by atoms with Gasteiger partial charge in [-0.3, -0.25) is 0 Å². The van der Waals surface area contributed by atoms with Crippen LogP contribution in [0.1, 0.15) is 12.5 Å². The Morgan fingerprint density at radius 2 is 2.00 bits per heavy atom. The van der Waals surface area contributed by atoms with Gasteiger partial charge in [0.2, 0.25) is 0 Å². The predicted octanol–water partition coefficient (Wildman–Crippen LogP) is 1.40. The van der Waals surface area contributed by atoms with Gasteiger partial charge in [-0.15, -0.1) is 0 Å². The molecule has 0 aromatic heterocycles. The summed E-state index contributed by atoms with van der Waals surface area (Å²) in [4.78, 5) is 11.8. The maximum atomic E-state index is 11.8. The lowest BCUT2D eigenvalue weighted by atomic mass is 10.0. The highest BCUT2D eigenvalue weighted by Crippen LogP contribution is 2.34. The summed E-state index contributed by atoms with van der Waals surface area (Å²) in [6, 6.07) is 6.31. The van der Waals surface area contributed by atoms with Crippen molar-refractivity contribution in [2.24, 2.45) is 0 Å². The van der Waals surface area contributed by atoms with Gasteiger partial charge in [0, 0.05) is 13.7 Å². The Balaban J connectivity index is 3.31. The van der Waals surface area contributed by atoms with Crippen molar-refractivity contribution in [1.29, 1.82) is 0 Å². The molecular formula is C12H16O5. The van der Waals surface area contributed by atoms with Crippen LogP contribution < -0.4 is 0 Å². The summed E-state index contributed by atoms with van der Waals surface area (Å²) < 4.78 is 15.2. The molecule has 0 spiro atoms. The minimum absolute atomic E-state index is 0.0896. The van der Waals surface area contributed by atoms with Crippen LogP contribution in [0.3, 0.4) is 0 Å². The van der Waals surface area contributed by atoms with E-state index >= 15 is 0 Å². The standard InChI is InChI=1S/C12H16O5/c1-4-17-12(16-3,11(14)15-2)9-7-5-6-8-10(9)13/h5-8,13H,4H2,1-3H3. The number of carbonyl (C=O) groups excluding carboxylic acids is 1. The Morgan fingerprint density at radius 3 is 2.47 bits per heavy atom. The summed E-state index contributed by atoms with van der Waals surface area (Å²) in [5.41, 5.74) is 0.219. The molecule has 1 unspecified atom stereocenters. The van der Waals surface area contributed by atoms with E-state index in [-0.39, 0.29) is 17.9 Å². The van der Waals surface area contributed by atoms with Crippen molar-refractivity contribution >= 4 is 5.97 Å². The van der Waals surface area contributed by atoms with Crippen LogP contribution in [-0.2, 0) is 24.8 Å². The second-order valence-corrected chi connectivity index (χ2v) is 3.26. The smallest absolute Gasteiger partial charge is 0.371 e. The fraction of sp³-hybridized carbons (Fsp3) is 0.417. The van der Waals surface area contributed by atoms with E-state index in [1.807, 2.05) is 0 Å². The number of esters is 1. The van der Waals surface area contributed by atoms with Crippen LogP contribution in [0.5, 0.6) is 5.75 Å². The van der Waals surface area contributed by atoms with Gasteiger partial charge in [0.1, 0.15) is 5.75 Å². The minimum Gasteiger partial charge on any atom is -0.507 e. The molecule has 0 amide bonds. The molecule has 0 saturated carbocycles. The lowest BCUT2D eigenvalue weighted by Gasteiger charge is -2.29. The third kappa shape index (κ3) is 2.40. The number of ether oxygens (including phenoxy) is 3. The molecule has 0 fully saturated rings. The number of para-hydroxylation sites is 1. The van der Waals surface area contributed by atoms with E-state index in [1.165, 1.54) is 20.3 Å². The number of methoxy groups -OCH3 is 2. The first-order valence-electron chi connectivity index (χ1n) is 5.18. The molecule has 1 atom stereocenters. The van der Waals surface area contributed by atoms with E-state index < -0.39 is 11.8 Å². The number of aromatic hydroxyl groups is 1. The van der Waals surface area contributed by atoms with E-state index in [4.69, 9.17) is 9.47 Å². The van der Waals surface area contributed by atoms with E-state index in [0.717, 1.165) is 0 Å². The third-order valence-electron chi connectivity index (χ3n) is 2.35. The van der Waals surface area contributed by atoms with Crippen LogP contribution in [0, 0.1) is 0 Å². The molecule has 0 aliphatic carbocycles. The van der Waals surface area contributed by atoms with Crippen molar-refractivity contribution in [3.05, 3.63) is 29.8 Å². The maximum Gasteiger partial charge on any atom is 0.371 e. The number of hydrogen-bond donors (Lipinski definition) is 1. The van der Waals surface area contributed by atoms with Crippen molar-refractivity contribution in [3.63, 3.8) is 0 Å². The fourth-order valence-corrected chi connectivity index (χ4v) is 1.59. The molecule has 0 heterocycles. The van der Waals surface area contributed by atoms with E-state index in [2.05, 4.69) is 4.74 Å². The first kappa shape index (κ1) is 13.5. The summed E-state index contributed by atoms with van der Waals surface area (Å²) in [6.07, 6.45) is 0. The maximum absolute atomic E-state index is 11.8. The Hall–Kier alpha value is -1.59. The molecule has 0 aliphatic rings. The monoisotopic (exact) mass is 240 g/mol. The van der Waals surface area contributed by atoms with Gasteiger partial charge in [0.15, 0.2) is 0 Å². The fourth-order valence-electron chi connectivity index (χ4n) is 1.59. The second kappa shape index (κ2) is 5.65. The molecule has 1 rings (SSSR count). The summed E-state index contributed by atoms with van der Waals surface area (Å²) in [5.74, 6) is -2.54. The summed E-state index contributed by atoms with van der Waals surface area (Å²) in [7, 11) is 2.55. The molecule has 1 aromatic rings. The van der Waals surface area contributed by atoms with Crippen molar-refractivity contribution < 1.29 is 24.1 Å². The minimum atomic E-state index is -1.73.